The van der Waals surface area contributed by atoms with Gasteiger partial charge in [-0.15, -0.1) is 0 Å². The van der Waals surface area contributed by atoms with E-state index in [4.69, 9.17) is 27.9 Å². The highest BCUT2D eigenvalue weighted by molar-refractivity contribution is 6.35. The van der Waals surface area contributed by atoms with E-state index >= 15 is 0 Å². The number of allylic oxidation sites excluding steroid dienone is 1. The summed E-state index contributed by atoms with van der Waals surface area (Å²) in [6, 6.07) is 13.5. The van der Waals surface area contributed by atoms with Crippen molar-refractivity contribution in [1.29, 1.82) is 0 Å². The molecule has 7 heteroatoms. The van der Waals surface area contributed by atoms with Gasteiger partial charge in [-0.3, -0.25) is 4.79 Å². The SMILES string of the molecule is O=C(O)C1=C(Nc2ccccc2)O/C(=C\c2ccc(Cl)cc2Cl)C1=O. The van der Waals surface area contributed by atoms with E-state index in [2.05, 4.69) is 5.32 Å². The Kier molecular flexibility index (Phi) is 4.79. The third-order valence-corrected chi connectivity index (χ3v) is 3.95. The number of rotatable bonds is 4. The average molecular weight is 376 g/mol. The van der Waals surface area contributed by atoms with Crippen LogP contribution in [-0.2, 0) is 14.3 Å². The van der Waals surface area contributed by atoms with Crippen molar-refractivity contribution < 1.29 is 19.4 Å². The van der Waals surface area contributed by atoms with E-state index in [9.17, 15) is 14.7 Å². The van der Waals surface area contributed by atoms with E-state index in [1.807, 2.05) is 6.07 Å². The van der Waals surface area contributed by atoms with Crippen LogP contribution in [0.1, 0.15) is 5.56 Å². The number of carbonyl (C=O) groups is 2. The van der Waals surface area contributed by atoms with Crippen molar-refractivity contribution in [2.75, 3.05) is 5.32 Å². The number of hydrogen-bond donors (Lipinski definition) is 2. The molecule has 126 valence electrons. The monoisotopic (exact) mass is 375 g/mol. The average Bonchev–Trinajstić information content (AvgIpc) is 2.86. The fraction of sp³-hybridized carbons (Fsp3) is 0. The number of anilines is 1. The number of Topliss-reactive ketones (excluding diaryl/α,β-unsaturated/α-hetero) is 1. The zero-order chi connectivity index (χ0) is 18.0. The van der Waals surface area contributed by atoms with Gasteiger partial charge in [-0.05, 0) is 35.9 Å². The van der Waals surface area contributed by atoms with Crippen molar-refractivity contribution in [2.45, 2.75) is 0 Å². The molecule has 0 amide bonds. The summed E-state index contributed by atoms with van der Waals surface area (Å²) in [6.45, 7) is 0. The van der Waals surface area contributed by atoms with Crippen molar-refractivity contribution in [3.8, 4) is 0 Å². The van der Waals surface area contributed by atoms with Crippen molar-refractivity contribution in [1.82, 2.24) is 0 Å². The minimum Gasteiger partial charge on any atom is -0.477 e. The second-order valence-corrected chi connectivity index (χ2v) is 5.95. The largest absolute Gasteiger partial charge is 0.477 e. The van der Waals surface area contributed by atoms with Crippen LogP contribution in [0.25, 0.3) is 6.08 Å². The molecule has 0 aromatic heterocycles. The number of nitrogens with one attached hydrogen (secondary N) is 1. The van der Waals surface area contributed by atoms with Gasteiger partial charge in [-0.25, -0.2) is 4.79 Å². The Morgan fingerprint density at radius 3 is 2.48 bits per heavy atom. The first-order chi connectivity index (χ1) is 12.0. The van der Waals surface area contributed by atoms with Gasteiger partial charge < -0.3 is 15.2 Å². The Morgan fingerprint density at radius 2 is 1.84 bits per heavy atom. The lowest BCUT2D eigenvalue weighted by molar-refractivity contribution is -0.134. The molecule has 0 fully saturated rings. The Balaban J connectivity index is 1.95. The predicted molar refractivity (Wildman–Crippen MR) is 95.3 cm³/mol. The Labute approximate surface area is 153 Å². The predicted octanol–water partition coefficient (Wildman–Crippen LogP) is 4.34. The maximum Gasteiger partial charge on any atom is 0.345 e. The van der Waals surface area contributed by atoms with E-state index in [1.165, 1.54) is 12.1 Å². The topological polar surface area (TPSA) is 75.6 Å². The maximum absolute atomic E-state index is 12.4. The van der Waals surface area contributed by atoms with Crippen LogP contribution in [0.4, 0.5) is 5.69 Å². The smallest absolute Gasteiger partial charge is 0.345 e. The number of halogens is 2. The molecule has 1 aliphatic rings. The van der Waals surface area contributed by atoms with Gasteiger partial charge in [0.15, 0.2) is 11.3 Å². The number of ketones is 1. The molecule has 1 aliphatic heterocycles. The van der Waals surface area contributed by atoms with E-state index in [0.29, 0.717) is 21.3 Å². The van der Waals surface area contributed by atoms with Crippen molar-refractivity contribution >= 4 is 46.7 Å². The van der Waals surface area contributed by atoms with Gasteiger partial charge in [0.05, 0.1) is 0 Å². The number of carboxylic acid groups (broad SMARTS) is 1. The van der Waals surface area contributed by atoms with Crippen LogP contribution in [0.2, 0.25) is 10.0 Å². The van der Waals surface area contributed by atoms with E-state index < -0.39 is 17.3 Å². The molecule has 0 atom stereocenters. The summed E-state index contributed by atoms with van der Waals surface area (Å²) < 4.78 is 5.45. The van der Waals surface area contributed by atoms with Crippen LogP contribution >= 0.6 is 23.2 Å². The first-order valence-electron chi connectivity index (χ1n) is 7.14. The highest BCUT2D eigenvalue weighted by atomic mass is 35.5. The molecular weight excluding hydrogens is 365 g/mol. The molecule has 2 N–H and O–H groups in total. The number of carbonyl (C=O) groups excluding carboxylic acids is 1. The molecule has 25 heavy (non-hydrogen) atoms. The zero-order valence-electron chi connectivity index (χ0n) is 12.6. The minimum atomic E-state index is -1.38. The Hall–Kier alpha value is -2.76. The lowest BCUT2D eigenvalue weighted by atomic mass is 10.1. The lowest BCUT2D eigenvalue weighted by Crippen LogP contribution is -2.12. The first kappa shape index (κ1) is 17.1. The molecule has 2 aromatic carbocycles. The van der Waals surface area contributed by atoms with E-state index in [0.717, 1.165) is 0 Å². The lowest BCUT2D eigenvalue weighted by Gasteiger charge is -2.08. The fourth-order valence-electron chi connectivity index (χ4n) is 2.22. The quantitative estimate of drug-likeness (QED) is 0.613. The third kappa shape index (κ3) is 3.68. The van der Waals surface area contributed by atoms with E-state index in [1.54, 1.807) is 36.4 Å². The van der Waals surface area contributed by atoms with Gasteiger partial charge in [0, 0.05) is 15.7 Å². The highest BCUT2D eigenvalue weighted by Gasteiger charge is 2.36. The fourth-order valence-corrected chi connectivity index (χ4v) is 2.69. The van der Waals surface area contributed by atoms with Gasteiger partial charge in [-0.1, -0.05) is 47.5 Å². The molecule has 2 aromatic rings. The summed E-state index contributed by atoms with van der Waals surface area (Å²) in [4.78, 5) is 23.8. The van der Waals surface area contributed by atoms with Gasteiger partial charge in [0.1, 0.15) is 0 Å². The van der Waals surface area contributed by atoms with Crippen LogP contribution < -0.4 is 5.32 Å². The summed E-state index contributed by atoms with van der Waals surface area (Å²) in [5, 5.41) is 12.9. The summed E-state index contributed by atoms with van der Waals surface area (Å²) in [7, 11) is 0. The van der Waals surface area contributed by atoms with Crippen molar-refractivity contribution in [3.05, 3.63) is 81.4 Å². The Bertz CT molecular complexity index is 920. The van der Waals surface area contributed by atoms with Crippen molar-refractivity contribution in [3.63, 3.8) is 0 Å². The summed E-state index contributed by atoms with van der Waals surface area (Å²) in [6.07, 6.45) is 1.38. The second-order valence-electron chi connectivity index (χ2n) is 5.11. The maximum atomic E-state index is 12.4. The molecule has 0 radical (unpaired) electrons. The summed E-state index contributed by atoms with van der Waals surface area (Å²) in [5.74, 6) is -2.40. The van der Waals surface area contributed by atoms with Crippen LogP contribution in [0.3, 0.4) is 0 Å². The first-order valence-corrected chi connectivity index (χ1v) is 7.90. The summed E-state index contributed by atoms with van der Waals surface area (Å²) >= 11 is 11.9. The van der Waals surface area contributed by atoms with Gasteiger partial charge >= 0.3 is 5.97 Å². The molecule has 0 saturated heterocycles. The number of hydrogen-bond acceptors (Lipinski definition) is 4. The minimum absolute atomic E-state index is 0.139. The van der Waals surface area contributed by atoms with Crippen molar-refractivity contribution in [2.24, 2.45) is 0 Å². The molecule has 3 rings (SSSR count). The zero-order valence-corrected chi connectivity index (χ0v) is 14.1. The van der Waals surface area contributed by atoms with Crippen LogP contribution in [0, 0.1) is 0 Å². The molecule has 0 unspecified atom stereocenters. The second kappa shape index (κ2) is 7.01. The normalized spacial score (nSPS) is 15.4. The van der Waals surface area contributed by atoms with Crippen LogP contribution in [-0.4, -0.2) is 16.9 Å². The van der Waals surface area contributed by atoms with Gasteiger partial charge in [0.25, 0.3) is 0 Å². The number of benzene rings is 2. The molecule has 5 nitrogen and oxygen atoms in total. The van der Waals surface area contributed by atoms with Gasteiger partial charge in [0.2, 0.25) is 11.7 Å². The molecule has 0 bridgehead atoms. The van der Waals surface area contributed by atoms with Gasteiger partial charge in [-0.2, -0.15) is 0 Å². The molecule has 1 heterocycles. The molecule has 0 saturated carbocycles. The summed E-state index contributed by atoms with van der Waals surface area (Å²) in [5.41, 5.74) is 0.607. The number of carboxylic acids is 1. The van der Waals surface area contributed by atoms with E-state index in [-0.39, 0.29) is 11.6 Å². The standard InChI is InChI=1S/C18H11Cl2NO4/c19-11-7-6-10(13(20)9-11)8-14-16(22)15(18(23)24)17(25-14)21-12-4-2-1-3-5-12/h1-9,21H,(H,23,24)/b14-8-. The number of aliphatic carboxylic acids is 1. The van der Waals surface area contributed by atoms with Crippen LogP contribution in [0.15, 0.2) is 65.7 Å². The number of para-hydroxylation sites is 1. The molecular formula is C18H11Cl2NO4. The Morgan fingerprint density at radius 1 is 1.12 bits per heavy atom. The molecule has 0 spiro atoms. The third-order valence-electron chi connectivity index (χ3n) is 3.38. The number of ether oxygens (including phenoxy) is 1. The molecule has 0 aliphatic carbocycles. The van der Waals surface area contributed by atoms with Crippen LogP contribution in [0.5, 0.6) is 0 Å². The highest BCUT2D eigenvalue weighted by Crippen LogP contribution is 2.30.